The number of anilines is 1. The van der Waals surface area contributed by atoms with Crippen molar-refractivity contribution in [2.75, 3.05) is 24.9 Å². The Bertz CT molecular complexity index is 1650. The van der Waals surface area contributed by atoms with Crippen LogP contribution < -0.4 is 15.6 Å². The van der Waals surface area contributed by atoms with E-state index in [4.69, 9.17) is 0 Å². The number of hydrogen-bond donors (Lipinski definition) is 1. The van der Waals surface area contributed by atoms with Gasteiger partial charge in [-0.05, 0) is 31.4 Å². The lowest BCUT2D eigenvalue weighted by atomic mass is 10.4. The first kappa shape index (κ1) is 25.6. The van der Waals surface area contributed by atoms with Crippen LogP contribution in [0.2, 0.25) is 0 Å². The zero-order valence-electron chi connectivity index (χ0n) is 21.6. The number of amides is 1. The smallest absolute Gasteiger partial charge is 0.333 e. The Kier molecular flexibility index (Phi) is 6.73. The molecule has 0 saturated heterocycles. The molecule has 38 heavy (non-hydrogen) atoms. The van der Waals surface area contributed by atoms with Gasteiger partial charge in [0.1, 0.15) is 17.8 Å². The maximum absolute atomic E-state index is 13.5. The van der Waals surface area contributed by atoms with Crippen molar-refractivity contribution in [2.24, 2.45) is 7.05 Å². The minimum absolute atomic E-state index is 0.0807. The van der Waals surface area contributed by atoms with Crippen LogP contribution in [0.5, 0.6) is 0 Å². The Morgan fingerprint density at radius 3 is 2.66 bits per heavy atom. The Balaban J connectivity index is 1.61. The standard InChI is InChI=1S/C24H29N9O4S/c1-5-11-31-22-20(23(35)33(24(31)36)15-8-9-15)26-21(27-22)17-12-18(28-30(17)4)32(14-19(34)29(2)3)38(37)16-7-6-10-25-13-16/h6-7,10,12-13,15H,5,8-9,11,14H2,1-4H3,(H,26,27). The van der Waals surface area contributed by atoms with Gasteiger partial charge in [-0.2, -0.15) is 5.10 Å². The highest BCUT2D eigenvalue weighted by Gasteiger charge is 2.30. The highest BCUT2D eigenvalue weighted by Crippen LogP contribution is 2.33. The van der Waals surface area contributed by atoms with E-state index in [2.05, 4.69) is 20.1 Å². The predicted octanol–water partition coefficient (Wildman–Crippen LogP) is 1.04. The number of likely N-dealkylation sites (N-methyl/N-ethyl adjacent to an activating group) is 1. The van der Waals surface area contributed by atoms with E-state index in [9.17, 15) is 18.6 Å². The molecule has 0 spiro atoms. The van der Waals surface area contributed by atoms with Gasteiger partial charge in [0.25, 0.3) is 5.56 Å². The average molecular weight is 540 g/mol. The zero-order chi connectivity index (χ0) is 27.1. The number of imidazole rings is 1. The van der Waals surface area contributed by atoms with Gasteiger partial charge in [-0.25, -0.2) is 14.0 Å². The lowest BCUT2D eigenvalue weighted by Crippen LogP contribution is -2.39. The van der Waals surface area contributed by atoms with Crippen LogP contribution in [0.15, 0.2) is 45.1 Å². The third-order valence-corrected chi connectivity index (χ3v) is 7.71. The van der Waals surface area contributed by atoms with Crippen molar-refractivity contribution >= 4 is 33.9 Å². The Morgan fingerprint density at radius 2 is 2.03 bits per heavy atom. The first-order chi connectivity index (χ1) is 18.2. The quantitative estimate of drug-likeness (QED) is 0.335. The second-order valence-electron chi connectivity index (χ2n) is 9.40. The number of nitrogens with one attached hydrogen (secondary N) is 1. The van der Waals surface area contributed by atoms with Gasteiger partial charge in [-0.1, -0.05) is 6.92 Å². The Morgan fingerprint density at radius 1 is 1.26 bits per heavy atom. The number of pyridine rings is 1. The largest absolute Gasteiger partial charge is 0.347 e. The fourth-order valence-electron chi connectivity index (χ4n) is 4.20. The van der Waals surface area contributed by atoms with Gasteiger partial charge in [-0.3, -0.25) is 32.7 Å². The Hall–Kier alpha value is -4.07. The number of rotatable bonds is 9. The summed E-state index contributed by atoms with van der Waals surface area (Å²) in [5, 5.41) is 4.52. The number of aromatic nitrogens is 7. The second kappa shape index (κ2) is 10.0. The summed E-state index contributed by atoms with van der Waals surface area (Å²) in [5.74, 6) is 0.353. The molecule has 1 unspecified atom stereocenters. The number of aryl methyl sites for hydroxylation is 2. The lowest BCUT2D eigenvalue weighted by Gasteiger charge is -2.22. The van der Waals surface area contributed by atoms with E-state index < -0.39 is 16.5 Å². The SMILES string of the molecule is CCCn1c(=O)n(C2CC2)c(=O)c2[nH]c(-c3cc(N(CC(=O)N(C)C)S(=O)c4cccnc4)nn3C)nc21. The van der Waals surface area contributed by atoms with E-state index in [0.717, 1.165) is 12.8 Å². The van der Waals surface area contributed by atoms with Gasteiger partial charge in [0.05, 0.1) is 4.90 Å². The number of carbonyl (C=O) groups excluding carboxylic acids is 1. The molecule has 1 aliphatic carbocycles. The Labute approximate surface area is 220 Å². The molecule has 0 aromatic carbocycles. The minimum Gasteiger partial charge on any atom is -0.347 e. The van der Waals surface area contributed by atoms with Crippen molar-refractivity contribution in [1.29, 1.82) is 0 Å². The molecule has 0 radical (unpaired) electrons. The summed E-state index contributed by atoms with van der Waals surface area (Å²) >= 11 is 0. The molecular weight excluding hydrogens is 510 g/mol. The summed E-state index contributed by atoms with van der Waals surface area (Å²) in [5.41, 5.74) is 0.290. The molecule has 4 aromatic heterocycles. The molecule has 1 aliphatic rings. The van der Waals surface area contributed by atoms with Crippen molar-refractivity contribution in [2.45, 2.75) is 43.7 Å². The number of H-pyrrole nitrogens is 1. The fraction of sp³-hybridized carbons (Fsp3) is 0.417. The fourth-order valence-corrected chi connectivity index (χ4v) is 5.29. The van der Waals surface area contributed by atoms with E-state index in [1.165, 1.54) is 29.2 Å². The monoisotopic (exact) mass is 539 g/mol. The van der Waals surface area contributed by atoms with Crippen LogP contribution in [-0.2, 0) is 29.4 Å². The van der Waals surface area contributed by atoms with Crippen molar-refractivity contribution < 1.29 is 9.00 Å². The summed E-state index contributed by atoms with van der Waals surface area (Å²) in [6.07, 6.45) is 5.35. The van der Waals surface area contributed by atoms with E-state index in [-0.39, 0.29) is 41.2 Å². The predicted molar refractivity (Wildman–Crippen MR) is 142 cm³/mol. The van der Waals surface area contributed by atoms with Crippen molar-refractivity contribution in [3.05, 3.63) is 51.4 Å². The highest BCUT2D eigenvalue weighted by atomic mass is 32.2. The van der Waals surface area contributed by atoms with Crippen LogP contribution in [0, 0.1) is 0 Å². The molecule has 5 rings (SSSR count). The summed E-state index contributed by atoms with van der Waals surface area (Å²) < 4.78 is 19.2. The molecule has 4 aromatic rings. The topological polar surface area (TPSA) is 144 Å². The van der Waals surface area contributed by atoms with E-state index in [1.807, 2.05) is 6.92 Å². The number of aromatic amines is 1. The molecule has 1 atom stereocenters. The summed E-state index contributed by atoms with van der Waals surface area (Å²) in [6, 6.07) is 4.90. The van der Waals surface area contributed by atoms with Crippen LogP contribution in [0.1, 0.15) is 32.2 Å². The second-order valence-corrected chi connectivity index (χ2v) is 10.8. The third-order valence-electron chi connectivity index (χ3n) is 6.35. The van der Waals surface area contributed by atoms with E-state index in [0.29, 0.717) is 29.4 Å². The first-order valence-electron chi connectivity index (χ1n) is 12.3. The summed E-state index contributed by atoms with van der Waals surface area (Å²) in [6.45, 7) is 2.19. The van der Waals surface area contributed by atoms with Gasteiger partial charge in [-0.15, -0.1) is 0 Å². The summed E-state index contributed by atoms with van der Waals surface area (Å²) in [4.78, 5) is 52.5. The van der Waals surface area contributed by atoms with Gasteiger partial charge in [0, 0.05) is 52.2 Å². The van der Waals surface area contributed by atoms with Crippen LogP contribution in [-0.4, -0.2) is 69.5 Å². The van der Waals surface area contributed by atoms with Crippen molar-refractivity contribution in [3.63, 3.8) is 0 Å². The molecule has 0 bridgehead atoms. The molecule has 13 nitrogen and oxygen atoms in total. The first-order valence-corrected chi connectivity index (χ1v) is 13.4. The number of hydrogen-bond acceptors (Lipinski definition) is 7. The molecule has 1 amide bonds. The molecule has 1 saturated carbocycles. The molecule has 0 aliphatic heterocycles. The van der Waals surface area contributed by atoms with Crippen LogP contribution in [0.3, 0.4) is 0 Å². The molecule has 1 fully saturated rings. The zero-order valence-corrected chi connectivity index (χ0v) is 22.4. The van der Waals surface area contributed by atoms with E-state index >= 15 is 0 Å². The average Bonchev–Trinajstić information content (AvgIpc) is 3.51. The van der Waals surface area contributed by atoms with Crippen molar-refractivity contribution in [1.82, 2.24) is 38.8 Å². The van der Waals surface area contributed by atoms with Gasteiger partial charge in [0.2, 0.25) is 5.91 Å². The highest BCUT2D eigenvalue weighted by molar-refractivity contribution is 7.86. The van der Waals surface area contributed by atoms with Crippen LogP contribution >= 0.6 is 0 Å². The number of nitrogens with zero attached hydrogens (tertiary/aromatic N) is 8. The minimum atomic E-state index is -1.77. The molecule has 200 valence electrons. The van der Waals surface area contributed by atoms with E-state index in [1.54, 1.807) is 45.5 Å². The normalized spacial score (nSPS) is 14.1. The lowest BCUT2D eigenvalue weighted by molar-refractivity contribution is -0.127. The maximum atomic E-state index is 13.5. The maximum Gasteiger partial charge on any atom is 0.333 e. The third kappa shape index (κ3) is 4.55. The van der Waals surface area contributed by atoms with Crippen LogP contribution in [0.25, 0.3) is 22.7 Å². The number of carbonyl (C=O) groups is 1. The van der Waals surface area contributed by atoms with Crippen molar-refractivity contribution in [3.8, 4) is 11.5 Å². The van der Waals surface area contributed by atoms with Gasteiger partial charge >= 0.3 is 5.69 Å². The number of fused-ring (bicyclic) bond motifs is 1. The molecule has 1 N–H and O–H groups in total. The van der Waals surface area contributed by atoms with Gasteiger partial charge in [0.15, 0.2) is 28.3 Å². The molecular formula is C24H29N9O4S. The molecule has 14 heteroatoms. The molecule has 4 heterocycles. The van der Waals surface area contributed by atoms with Gasteiger partial charge < -0.3 is 9.88 Å². The van der Waals surface area contributed by atoms with Crippen LogP contribution in [0.4, 0.5) is 5.82 Å². The summed E-state index contributed by atoms with van der Waals surface area (Å²) in [7, 11) is 3.16.